The molecule has 0 saturated heterocycles. The zero-order valence-corrected chi connectivity index (χ0v) is 16.0. The summed E-state index contributed by atoms with van der Waals surface area (Å²) >= 11 is 18.8. The van der Waals surface area contributed by atoms with E-state index in [0.29, 0.717) is 49.5 Å². The van der Waals surface area contributed by atoms with Crippen LogP contribution in [0.2, 0.25) is 15.2 Å². The summed E-state index contributed by atoms with van der Waals surface area (Å²) in [6.07, 6.45) is 3.01. The van der Waals surface area contributed by atoms with Gasteiger partial charge in [-0.1, -0.05) is 34.8 Å². The summed E-state index contributed by atoms with van der Waals surface area (Å²) in [6, 6.07) is 6.87. The van der Waals surface area contributed by atoms with Gasteiger partial charge in [0.1, 0.15) is 38.8 Å². The molecular formula is C17H13Cl3N4O2. The van der Waals surface area contributed by atoms with Gasteiger partial charge in [0.15, 0.2) is 0 Å². The third kappa shape index (κ3) is 3.62. The number of nitrogens with one attached hydrogen (secondary N) is 1. The summed E-state index contributed by atoms with van der Waals surface area (Å²) in [5.74, 6) is 1.32. The van der Waals surface area contributed by atoms with Crippen molar-refractivity contribution in [2.24, 2.45) is 0 Å². The molecule has 0 radical (unpaired) electrons. The van der Waals surface area contributed by atoms with Crippen LogP contribution in [0.15, 0.2) is 36.8 Å². The summed E-state index contributed by atoms with van der Waals surface area (Å²) in [4.78, 5) is 12.5. The molecule has 0 saturated carbocycles. The van der Waals surface area contributed by atoms with Gasteiger partial charge >= 0.3 is 0 Å². The normalized spacial score (nSPS) is 10.5. The molecule has 6 nitrogen and oxygen atoms in total. The third-order valence-electron chi connectivity index (χ3n) is 3.53. The summed E-state index contributed by atoms with van der Waals surface area (Å²) < 4.78 is 10.6. The van der Waals surface area contributed by atoms with E-state index in [1.54, 1.807) is 24.4 Å². The van der Waals surface area contributed by atoms with Crippen molar-refractivity contribution in [3.63, 3.8) is 0 Å². The van der Waals surface area contributed by atoms with Crippen LogP contribution in [0.4, 0.5) is 11.5 Å². The lowest BCUT2D eigenvalue weighted by atomic mass is 10.1. The molecule has 2 heterocycles. The number of rotatable bonds is 5. The van der Waals surface area contributed by atoms with Crippen molar-refractivity contribution in [2.75, 3.05) is 19.5 Å². The van der Waals surface area contributed by atoms with Gasteiger partial charge in [-0.3, -0.25) is 0 Å². The molecule has 0 atom stereocenters. The van der Waals surface area contributed by atoms with Crippen LogP contribution in [-0.4, -0.2) is 29.2 Å². The second-order valence-corrected chi connectivity index (χ2v) is 6.18. The highest BCUT2D eigenvalue weighted by Crippen LogP contribution is 2.45. The molecule has 0 aliphatic heterocycles. The van der Waals surface area contributed by atoms with E-state index in [1.165, 1.54) is 20.5 Å². The number of pyridine rings is 1. The van der Waals surface area contributed by atoms with Crippen molar-refractivity contribution in [1.82, 2.24) is 15.0 Å². The molecular weight excluding hydrogens is 399 g/mol. The van der Waals surface area contributed by atoms with E-state index >= 15 is 0 Å². The van der Waals surface area contributed by atoms with Gasteiger partial charge in [0, 0.05) is 23.9 Å². The molecule has 9 heteroatoms. The molecule has 0 fully saturated rings. The van der Waals surface area contributed by atoms with Gasteiger partial charge in [0.25, 0.3) is 0 Å². The smallest absolute Gasteiger partial charge is 0.143 e. The largest absolute Gasteiger partial charge is 0.495 e. The van der Waals surface area contributed by atoms with Crippen LogP contribution in [0.1, 0.15) is 0 Å². The lowest BCUT2D eigenvalue weighted by Crippen LogP contribution is -2.01. The van der Waals surface area contributed by atoms with Crippen LogP contribution in [0.25, 0.3) is 11.3 Å². The first kappa shape index (κ1) is 18.5. The summed E-state index contributed by atoms with van der Waals surface area (Å²) in [5, 5.41) is 4.06. The second kappa shape index (κ2) is 7.95. The average Bonchev–Trinajstić information content (AvgIpc) is 2.66. The molecule has 0 bridgehead atoms. The molecule has 1 N–H and O–H groups in total. The van der Waals surface area contributed by atoms with Gasteiger partial charge in [0.2, 0.25) is 0 Å². The standard InChI is InChI=1S/C17H13Cl3N4O2/c1-25-11-7-12(26-2)15(20)16(14(11)19)24-17-9(4-3-5-21-17)10-6-13(18)23-8-22-10/h3-8H,1-2H3,(H,21,24). The minimum atomic E-state index is 0.302. The van der Waals surface area contributed by atoms with Crippen molar-refractivity contribution in [3.8, 4) is 22.8 Å². The first-order chi connectivity index (χ1) is 12.5. The Morgan fingerprint density at radius 2 is 1.62 bits per heavy atom. The highest BCUT2D eigenvalue weighted by atomic mass is 35.5. The Morgan fingerprint density at radius 1 is 0.923 bits per heavy atom. The van der Waals surface area contributed by atoms with E-state index in [4.69, 9.17) is 44.3 Å². The number of anilines is 2. The number of ether oxygens (including phenoxy) is 2. The van der Waals surface area contributed by atoms with E-state index in [0.717, 1.165) is 0 Å². The number of aromatic nitrogens is 3. The van der Waals surface area contributed by atoms with Gasteiger partial charge in [0.05, 0.1) is 25.6 Å². The van der Waals surface area contributed by atoms with Crippen molar-refractivity contribution in [1.29, 1.82) is 0 Å². The topological polar surface area (TPSA) is 69.2 Å². The van der Waals surface area contributed by atoms with Crippen LogP contribution in [0, 0.1) is 0 Å². The lowest BCUT2D eigenvalue weighted by Gasteiger charge is -2.17. The van der Waals surface area contributed by atoms with Crippen molar-refractivity contribution >= 4 is 46.3 Å². The maximum Gasteiger partial charge on any atom is 0.143 e. The third-order valence-corrected chi connectivity index (χ3v) is 4.49. The summed E-state index contributed by atoms with van der Waals surface area (Å²) in [7, 11) is 3.01. The fourth-order valence-corrected chi connectivity index (χ4v) is 3.05. The number of benzene rings is 1. The molecule has 3 aromatic rings. The average molecular weight is 412 g/mol. The molecule has 2 aromatic heterocycles. The molecule has 0 unspecified atom stereocenters. The second-order valence-electron chi connectivity index (χ2n) is 5.03. The van der Waals surface area contributed by atoms with Crippen molar-refractivity contribution in [3.05, 3.63) is 52.0 Å². The molecule has 0 amide bonds. The van der Waals surface area contributed by atoms with E-state index in [9.17, 15) is 0 Å². The SMILES string of the molecule is COc1cc(OC)c(Cl)c(Nc2ncccc2-c2cc(Cl)ncn2)c1Cl. The molecule has 0 aliphatic carbocycles. The van der Waals surface area contributed by atoms with Gasteiger partial charge in [-0.15, -0.1) is 0 Å². The van der Waals surface area contributed by atoms with Crippen LogP contribution < -0.4 is 14.8 Å². The number of hydrogen-bond acceptors (Lipinski definition) is 6. The summed E-state index contributed by atoms with van der Waals surface area (Å²) in [5.41, 5.74) is 1.71. The lowest BCUT2D eigenvalue weighted by molar-refractivity contribution is 0.395. The minimum Gasteiger partial charge on any atom is -0.495 e. The predicted octanol–water partition coefficient (Wildman–Crippen LogP) is 5.26. The molecule has 1 aromatic carbocycles. The van der Waals surface area contributed by atoms with Gasteiger partial charge in [-0.25, -0.2) is 15.0 Å². The Hall–Kier alpha value is -2.28. The zero-order chi connectivity index (χ0) is 18.7. The van der Waals surface area contributed by atoms with Gasteiger partial charge in [-0.2, -0.15) is 0 Å². The first-order valence-electron chi connectivity index (χ1n) is 7.35. The van der Waals surface area contributed by atoms with Crippen molar-refractivity contribution < 1.29 is 9.47 Å². The Bertz CT molecular complexity index is 925. The van der Waals surface area contributed by atoms with E-state index < -0.39 is 0 Å². The highest BCUT2D eigenvalue weighted by molar-refractivity contribution is 6.41. The van der Waals surface area contributed by atoms with Crippen LogP contribution in [0.5, 0.6) is 11.5 Å². The van der Waals surface area contributed by atoms with E-state index in [1.807, 2.05) is 6.07 Å². The number of methoxy groups -OCH3 is 2. The number of hydrogen-bond donors (Lipinski definition) is 1. The van der Waals surface area contributed by atoms with Gasteiger partial charge < -0.3 is 14.8 Å². The molecule has 26 heavy (non-hydrogen) atoms. The Kier molecular flexibility index (Phi) is 5.66. The van der Waals surface area contributed by atoms with Crippen molar-refractivity contribution in [2.45, 2.75) is 0 Å². The number of nitrogens with zero attached hydrogens (tertiary/aromatic N) is 3. The minimum absolute atomic E-state index is 0.302. The molecule has 0 spiro atoms. The number of halogens is 3. The van der Waals surface area contributed by atoms with E-state index in [-0.39, 0.29) is 0 Å². The Morgan fingerprint density at radius 3 is 2.23 bits per heavy atom. The maximum absolute atomic E-state index is 6.41. The Balaban J connectivity index is 2.11. The highest BCUT2D eigenvalue weighted by Gasteiger charge is 2.19. The quantitative estimate of drug-likeness (QED) is 0.578. The van der Waals surface area contributed by atoms with Crippen LogP contribution in [0.3, 0.4) is 0 Å². The predicted molar refractivity (Wildman–Crippen MR) is 103 cm³/mol. The monoisotopic (exact) mass is 410 g/mol. The Labute approximate surface area is 165 Å². The first-order valence-corrected chi connectivity index (χ1v) is 8.48. The van der Waals surface area contributed by atoms with E-state index in [2.05, 4.69) is 20.3 Å². The molecule has 0 aliphatic rings. The summed E-state index contributed by atoms with van der Waals surface area (Å²) in [6.45, 7) is 0. The van der Waals surface area contributed by atoms with Gasteiger partial charge in [-0.05, 0) is 12.1 Å². The maximum atomic E-state index is 6.41. The fourth-order valence-electron chi connectivity index (χ4n) is 2.31. The molecule has 134 valence electrons. The molecule has 3 rings (SSSR count). The fraction of sp³-hybridized carbons (Fsp3) is 0.118. The zero-order valence-electron chi connectivity index (χ0n) is 13.8. The van der Waals surface area contributed by atoms with Crippen LogP contribution in [-0.2, 0) is 0 Å². The van der Waals surface area contributed by atoms with Crippen LogP contribution >= 0.6 is 34.8 Å².